The monoisotopic (exact) mass is 251 g/mol. The van der Waals surface area contributed by atoms with Gasteiger partial charge in [0.2, 0.25) is 0 Å². The van der Waals surface area contributed by atoms with E-state index in [9.17, 15) is 0 Å². The van der Waals surface area contributed by atoms with Gasteiger partial charge in [0.15, 0.2) is 5.82 Å². The number of nitrogens with one attached hydrogen (secondary N) is 1. The van der Waals surface area contributed by atoms with E-state index >= 15 is 0 Å². The Hall–Kier alpha value is -0.970. The van der Waals surface area contributed by atoms with Crippen LogP contribution in [-0.4, -0.2) is 26.8 Å². The number of nitrogens with zero attached hydrogens (tertiary/aromatic N) is 4. The molecule has 1 heterocycles. The van der Waals surface area contributed by atoms with E-state index in [4.69, 9.17) is 0 Å². The lowest BCUT2D eigenvalue weighted by atomic mass is 9.83. The minimum Gasteiger partial charge on any atom is -0.308 e. The summed E-state index contributed by atoms with van der Waals surface area (Å²) in [7, 11) is 0. The minimum absolute atomic E-state index is 0.223. The Labute approximate surface area is 109 Å². The van der Waals surface area contributed by atoms with Gasteiger partial charge in [0, 0.05) is 0 Å². The van der Waals surface area contributed by atoms with Crippen LogP contribution in [0, 0.1) is 5.41 Å². The second kappa shape index (κ2) is 5.78. The van der Waals surface area contributed by atoms with E-state index < -0.39 is 0 Å². The highest BCUT2D eigenvalue weighted by Gasteiger charge is 2.33. The van der Waals surface area contributed by atoms with E-state index in [1.165, 1.54) is 32.1 Å². The Balaban J connectivity index is 2.11. The fraction of sp³-hybridized carbons (Fsp3) is 0.923. The molecule has 5 nitrogen and oxygen atoms in total. The van der Waals surface area contributed by atoms with Gasteiger partial charge < -0.3 is 5.32 Å². The standard InChI is InChI=1S/C13H25N5/c1-4-13(8-6-7-9-13)10-18-12(15-16-17-18)11(3)14-5-2/h11,14H,4-10H2,1-3H3. The second-order valence-electron chi connectivity index (χ2n) is 5.53. The molecule has 1 fully saturated rings. The van der Waals surface area contributed by atoms with Crippen molar-refractivity contribution in [1.29, 1.82) is 0 Å². The molecular formula is C13H25N5. The molecule has 5 heteroatoms. The van der Waals surface area contributed by atoms with Gasteiger partial charge in [-0.05, 0) is 48.6 Å². The third-order valence-corrected chi connectivity index (χ3v) is 4.36. The molecule has 1 saturated carbocycles. The van der Waals surface area contributed by atoms with Crippen molar-refractivity contribution in [2.24, 2.45) is 5.41 Å². The molecule has 18 heavy (non-hydrogen) atoms. The summed E-state index contributed by atoms with van der Waals surface area (Å²) in [5.41, 5.74) is 0.427. The van der Waals surface area contributed by atoms with Gasteiger partial charge >= 0.3 is 0 Å². The maximum Gasteiger partial charge on any atom is 0.167 e. The van der Waals surface area contributed by atoms with E-state index in [0.29, 0.717) is 5.41 Å². The first-order valence-electron chi connectivity index (χ1n) is 7.20. The average Bonchev–Trinajstić information content (AvgIpc) is 3.00. The van der Waals surface area contributed by atoms with Gasteiger partial charge in [0.25, 0.3) is 0 Å². The Morgan fingerprint density at radius 2 is 2.06 bits per heavy atom. The zero-order chi connectivity index (χ0) is 13.0. The summed E-state index contributed by atoms with van der Waals surface area (Å²) in [4.78, 5) is 0. The van der Waals surface area contributed by atoms with Crippen LogP contribution in [0.3, 0.4) is 0 Å². The van der Waals surface area contributed by atoms with E-state index in [1.54, 1.807) is 0 Å². The van der Waals surface area contributed by atoms with Gasteiger partial charge in [-0.1, -0.05) is 26.7 Å². The van der Waals surface area contributed by atoms with Crippen molar-refractivity contribution in [3.63, 3.8) is 0 Å². The third kappa shape index (κ3) is 2.71. The fourth-order valence-electron chi connectivity index (χ4n) is 3.10. The van der Waals surface area contributed by atoms with Gasteiger partial charge in [-0.15, -0.1) is 5.10 Å². The second-order valence-corrected chi connectivity index (χ2v) is 5.53. The average molecular weight is 251 g/mol. The lowest BCUT2D eigenvalue weighted by Crippen LogP contribution is -2.28. The normalized spacial score (nSPS) is 20.2. The number of hydrogen-bond acceptors (Lipinski definition) is 4. The van der Waals surface area contributed by atoms with E-state index in [2.05, 4.69) is 41.6 Å². The molecule has 0 aromatic carbocycles. The molecule has 0 saturated heterocycles. The highest BCUT2D eigenvalue weighted by atomic mass is 15.5. The molecule has 2 rings (SSSR count). The van der Waals surface area contributed by atoms with Crippen LogP contribution < -0.4 is 5.32 Å². The summed E-state index contributed by atoms with van der Waals surface area (Å²) in [6.45, 7) is 8.44. The van der Waals surface area contributed by atoms with E-state index in [0.717, 1.165) is 18.9 Å². The van der Waals surface area contributed by atoms with Crippen molar-refractivity contribution >= 4 is 0 Å². The van der Waals surface area contributed by atoms with Gasteiger partial charge in [-0.2, -0.15) is 0 Å². The summed E-state index contributed by atoms with van der Waals surface area (Å²) in [5, 5.41) is 15.6. The molecule has 102 valence electrons. The fourth-order valence-corrected chi connectivity index (χ4v) is 3.10. The molecule has 1 aromatic rings. The number of tetrazole rings is 1. The maximum atomic E-state index is 4.19. The van der Waals surface area contributed by atoms with E-state index in [1.807, 2.05) is 4.68 Å². The number of rotatable bonds is 6. The first-order chi connectivity index (χ1) is 8.71. The van der Waals surface area contributed by atoms with Gasteiger partial charge in [-0.25, -0.2) is 4.68 Å². The van der Waals surface area contributed by atoms with E-state index in [-0.39, 0.29) is 6.04 Å². The lowest BCUT2D eigenvalue weighted by Gasteiger charge is -2.27. The maximum absolute atomic E-state index is 4.19. The largest absolute Gasteiger partial charge is 0.308 e. The van der Waals surface area contributed by atoms with Crippen molar-refractivity contribution in [2.45, 2.75) is 65.5 Å². The zero-order valence-electron chi connectivity index (χ0n) is 11.8. The molecule has 1 aliphatic rings. The summed E-state index contributed by atoms with van der Waals surface area (Å²) in [6.07, 6.45) is 6.57. The number of aromatic nitrogens is 4. The summed E-state index contributed by atoms with van der Waals surface area (Å²) >= 11 is 0. The third-order valence-electron chi connectivity index (χ3n) is 4.36. The van der Waals surface area contributed by atoms with Crippen LogP contribution in [-0.2, 0) is 6.54 Å². The van der Waals surface area contributed by atoms with Gasteiger partial charge in [-0.3, -0.25) is 0 Å². The Bertz CT molecular complexity index is 367. The number of hydrogen-bond donors (Lipinski definition) is 1. The molecule has 1 N–H and O–H groups in total. The van der Waals surface area contributed by atoms with Gasteiger partial charge in [0.1, 0.15) is 0 Å². The predicted octanol–water partition coefficient (Wildman–Crippen LogP) is 2.31. The van der Waals surface area contributed by atoms with Crippen LogP contribution in [0.1, 0.15) is 64.7 Å². The van der Waals surface area contributed by atoms with Crippen LogP contribution in [0.15, 0.2) is 0 Å². The topological polar surface area (TPSA) is 55.6 Å². The van der Waals surface area contributed by atoms with Crippen LogP contribution in [0.5, 0.6) is 0 Å². The summed E-state index contributed by atoms with van der Waals surface area (Å²) < 4.78 is 2.02. The predicted molar refractivity (Wildman–Crippen MR) is 71.1 cm³/mol. The van der Waals surface area contributed by atoms with Crippen LogP contribution in [0.2, 0.25) is 0 Å². The molecule has 0 radical (unpaired) electrons. The van der Waals surface area contributed by atoms with Crippen LogP contribution >= 0.6 is 0 Å². The zero-order valence-corrected chi connectivity index (χ0v) is 11.8. The van der Waals surface area contributed by atoms with Crippen molar-refractivity contribution in [2.75, 3.05) is 6.54 Å². The Morgan fingerprint density at radius 3 is 2.67 bits per heavy atom. The molecule has 0 amide bonds. The molecule has 0 bridgehead atoms. The molecular weight excluding hydrogens is 226 g/mol. The smallest absolute Gasteiger partial charge is 0.167 e. The van der Waals surface area contributed by atoms with Gasteiger partial charge in [0.05, 0.1) is 12.6 Å². The molecule has 1 aromatic heterocycles. The molecule has 1 aliphatic carbocycles. The lowest BCUT2D eigenvalue weighted by molar-refractivity contribution is 0.219. The van der Waals surface area contributed by atoms with Crippen LogP contribution in [0.4, 0.5) is 0 Å². The van der Waals surface area contributed by atoms with Crippen molar-refractivity contribution in [3.05, 3.63) is 5.82 Å². The van der Waals surface area contributed by atoms with Crippen LogP contribution in [0.25, 0.3) is 0 Å². The molecule has 1 unspecified atom stereocenters. The minimum atomic E-state index is 0.223. The van der Waals surface area contributed by atoms with Crippen molar-refractivity contribution < 1.29 is 0 Å². The van der Waals surface area contributed by atoms with Crippen molar-refractivity contribution in [1.82, 2.24) is 25.5 Å². The first-order valence-corrected chi connectivity index (χ1v) is 7.20. The molecule has 1 atom stereocenters. The Kier molecular flexibility index (Phi) is 4.32. The highest BCUT2D eigenvalue weighted by molar-refractivity contribution is 4.92. The first kappa shape index (κ1) is 13.5. The highest BCUT2D eigenvalue weighted by Crippen LogP contribution is 2.42. The molecule has 0 aliphatic heterocycles. The van der Waals surface area contributed by atoms with Crippen molar-refractivity contribution in [3.8, 4) is 0 Å². The molecule has 0 spiro atoms. The SMILES string of the molecule is CCNC(C)c1nnnn1CC1(CC)CCCC1. The summed E-state index contributed by atoms with van der Waals surface area (Å²) in [6, 6.07) is 0.223. The Morgan fingerprint density at radius 1 is 1.33 bits per heavy atom. The summed E-state index contributed by atoms with van der Waals surface area (Å²) in [5.74, 6) is 0.969. The quantitative estimate of drug-likeness (QED) is 0.843.